The van der Waals surface area contributed by atoms with E-state index >= 15 is 0 Å². The second kappa shape index (κ2) is 9.97. The molecule has 0 N–H and O–H groups in total. The third-order valence-corrected chi connectivity index (χ3v) is 9.19. The standard InChI is InChI=1S/C36H38F3NS/c1-33(2,3)28-20-25(19-24-11-9-10-12-26(24)28)30-32-27(17-18-40-30)29(34(4,5)6)31(41-32)23-15-13-22(14-16-23)21-35(7,8)36(37,38)39/h9-20H,21H2,1-8H3. The molecule has 2 heterocycles. The van der Waals surface area contributed by atoms with E-state index in [1.165, 1.54) is 41.1 Å². The number of alkyl halides is 3. The van der Waals surface area contributed by atoms with Gasteiger partial charge in [-0.25, -0.2) is 0 Å². The van der Waals surface area contributed by atoms with E-state index in [2.05, 4.69) is 84.0 Å². The van der Waals surface area contributed by atoms with Crippen LogP contribution >= 0.6 is 11.3 Å². The number of thiophene rings is 1. The molecule has 0 radical (unpaired) electrons. The normalized spacial score (nSPS) is 13.3. The molecular formula is C36H38F3NS. The number of aromatic nitrogens is 1. The maximum absolute atomic E-state index is 13.5. The van der Waals surface area contributed by atoms with Crippen LogP contribution in [0.2, 0.25) is 0 Å². The SMILES string of the molecule is CC(C)(C)c1cc(-c2nccc3c(C(C)(C)C)c(-c4ccc(CC(C)(C)C(F)(F)F)cc4)sc23)cc2ccccc12. The fourth-order valence-corrected chi connectivity index (χ4v) is 7.15. The lowest BCUT2D eigenvalue weighted by molar-refractivity contribution is -0.211. The maximum atomic E-state index is 13.5. The maximum Gasteiger partial charge on any atom is 0.394 e. The van der Waals surface area contributed by atoms with Gasteiger partial charge >= 0.3 is 6.18 Å². The van der Waals surface area contributed by atoms with Crippen molar-refractivity contribution in [3.05, 3.63) is 89.6 Å². The minimum Gasteiger partial charge on any atom is -0.255 e. The van der Waals surface area contributed by atoms with Gasteiger partial charge in [0.15, 0.2) is 0 Å². The van der Waals surface area contributed by atoms with Crippen molar-refractivity contribution < 1.29 is 13.2 Å². The second-order valence-corrected chi connectivity index (χ2v) is 14.9. The summed E-state index contributed by atoms with van der Waals surface area (Å²) in [5, 5.41) is 3.63. The van der Waals surface area contributed by atoms with E-state index in [-0.39, 0.29) is 17.3 Å². The Balaban J connectivity index is 1.68. The van der Waals surface area contributed by atoms with E-state index in [1.807, 2.05) is 30.5 Å². The van der Waals surface area contributed by atoms with E-state index in [1.54, 1.807) is 11.3 Å². The molecule has 0 atom stereocenters. The van der Waals surface area contributed by atoms with E-state index in [4.69, 9.17) is 4.98 Å². The fraction of sp³-hybridized carbons (Fsp3) is 0.361. The predicted octanol–water partition coefficient (Wildman–Crippen LogP) is 11.5. The van der Waals surface area contributed by atoms with Crippen LogP contribution in [0.5, 0.6) is 0 Å². The molecule has 0 fully saturated rings. The minimum absolute atomic E-state index is 0.0386. The summed E-state index contributed by atoms with van der Waals surface area (Å²) in [6.07, 6.45) is -2.41. The van der Waals surface area contributed by atoms with Gasteiger partial charge in [0, 0.05) is 22.0 Å². The van der Waals surface area contributed by atoms with Crippen molar-refractivity contribution in [2.24, 2.45) is 5.41 Å². The molecule has 0 unspecified atom stereocenters. The van der Waals surface area contributed by atoms with Crippen LogP contribution in [-0.4, -0.2) is 11.2 Å². The fourth-order valence-electron chi connectivity index (χ4n) is 5.63. The van der Waals surface area contributed by atoms with E-state index in [0.717, 1.165) is 26.4 Å². The molecule has 0 aliphatic carbocycles. The molecule has 5 aromatic rings. The van der Waals surface area contributed by atoms with Crippen LogP contribution in [0, 0.1) is 5.41 Å². The Morgan fingerprint density at radius 3 is 1.98 bits per heavy atom. The summed E-state index contributed by atoms with van der Waals surface area (Å²) in [6.45, 7) is 15.9. The molecule has 5 heteroatoms. The number of nitrogens with zero attached hydrogens (tertiary/aromatic N) is 1. The van der Waals surface area contributed by atoms with Gasteiger partial charge in [0.25, 0.3) is 0 Å². The van der Waals surface area contributed by atoms with E-state index in [9.17, 15) is 13.2 Å². The van der Waals surface area contributed by atoms with Crippen LogP contribution in [0.3, 0.4) is 0 Å². The highest BCUT2D eigenvalue weighted by atomic mass is 32.1. The Hall–Kier alpha value is -3.18. The van der Waals surface area contributed by atoms with Crippen molar-refractivity contribution in [2.75, 3.05) is 0 Å². The zero-order valence-corrected chi connectivity index (χ0v) is 25.9. The quantitative estimate of drug-likeness (QED) is 0.208. The highest BCUT2D eigenvalue weighted by Gasteiger charge is 2.47. The second-order valence-electron chi connectivity index (χ2n) is 13.8. The number of rotatable bonds is 4. The Kier molecular flexibility index (Phi) is 7.13. The number of halogens is 3. The van der Waals surface area contributed by atoms with Crippen LogP contribution in [0.25, 0.3) is 42.6 Å². The molecule has 214 valence electrons. The summed E-state index contributed by atoms with van der Waals surface area (Å²) < 4.78 is 41.7. The van der Waals surface area contributed by atoms with Gasteiger partial charge in [-0.1, -0.05) is 104 Å². The molecule has 0 spiro atoms. The largest absolute Gasteiger partial charge is 0.394 e. The number of benzene rings is 3. The third-order valence-electron chi connectivity index (χ3n) is 7.93. The average Bonchev–Trinajstić information content (AvgIpc) is 3.27. The first-order chi connectivity index (χ1) is 19.0. The van der Waals surface area contributed by atoms with Crippen LogP contribution in [0.1, 0.15) is 72.1 Å². The van der Waals surface area contributed by atoms with Gasteiger partial charge < -0.3 is 0 Å². The lowest BCUT2D eigenvalue weighted by Gasteiger charge is -2.27. The zero-order chi connectivity index (χ0) is 30.0. The van der Waals surface area contributed by atoms with Gasteiger partial charge in [-0.2, -0.15) is 13.2 Å². The first-order valence-corrected chi connectivity index (χ1v) is 14.9. The molecule has 0 amide bonds. The third kappa shape index (κ3) is 5.53. The molecule has 5 rings (SSSR count). The van der Waals surface area contributed by atoms with Crippen LogP contribution in [-0.2, 0) is 17.3 Å². The lowest BCUT2D eigenvalue weighted by atomic mass is 9.81. The summed E-state index contributed by atoms with van der Waals surface area (Å²) in [4.78, 5) is 6.06. The van der Waals surface area contributed by atoms with Gasteiger partial charge in [-0.05, 0) is 68.5 Å². The Bertz CT molecular complexity index is 1730. The van der Waals surface area contributed by atoms with Crippen LogP contribution in [0.4, 0.5) is 13.2 Å². The molecule has 0 saturated heterocycles. The van der Waals surface area contributed by atoms with Gasteiger partial charge in [0.1, 0.15) is 0 Å². The number of hydrogen-bond donors (Lipinski definition) is 0. The highest BCUT2D eigenvalue weighted by Crippen LogP contribution is 2.48. The smallest absolute Gasteiger partial charge is 0.255 e. The summed E-state index contributed by atoms with van der Waals surface area (Å²) in [7, 11) is 0. The zero-order valence-electron chi connectivity index (χ0n) is 25.1. The Labute approximate surface area is 245 Å². The van der Waals surface area contributed by atoms with Crippen molar-refractivity contribution in [3.63, 3.8) is 0 Å². The van der Waals surface area contributed by atoms with E-state index in [0.29, 0.717) is 5.56 Å². The van der Waals surface area contributed by atoms with Crippen LogP contribution < -0.4 is 0 Å². The molecule has 41 heavy (non-hydrogen) atoms. The predicted molar refractivity (Wildman–Crippen MR) is 169 cm³/mol. The average molecular weight is 574 g/mol. The molecule has 1 nitrogen and oxygen atoms in total. The Morgan fingerprint density at radius 2 is 1.37 bits per heavy atom. The molecular weight excluding hydrogens is 535 g/mol. The van der Waals surface area contributed by atoms with Crippen molar-refractivity contribution >= 4 is 32.2 Å². The summed E-state index contributed by atoms with van der Waals surface area (Å²) in [5.74, 6) is 0. The van der Waals surface area contributed by atoms with Gasteiger partial charge in [0.2, 0.25) is 0 Å². The monoisotopic (exact) mass is 573 g/mol. The molecule has 3 aromatic carbocycles. The minimum atomic E-state index is -4.25. The first kappa shape index (κ1) is 29.3. The molecule has 0 saturated carbocycles. The first-order valence-electron chi connectivity index (χ1n) is 14.1. The van der Waals surface area contributed by atoms with Gasteiger partial charge in [0.05, 0.1) is 15.8 Å². The summed E-state index contributed by atoms with van der Waals surface area (Å²) >= 11 is 1.72. The number of hydrogen-bond acceptors (Lipinski definition) is 2. The van der Waals surface area contributed by atoms with Gasteiger partial charge in [-0.3, -0.25) is 4.98 Å². The molecule has 0 bridgehead atoms. The van der Waals surface area contributed by atoms with Gasteiger partial charge in [-0.15, -0.1) is 11.3 Å². The van der Waals surface area contributed by atoms with Crippen molar-refractivity contribution in [1.29, 1.82) is 0 Å². The molecule has 2 aromatic heterocycles. The van der Waals surface area contributed by atoms with E-state index < -0.39 is 11.6 Å². The van der Waals surface area contributed by atoms with Crippen LogP contribution in [0.15, 0.2) is 72.9 Å². The summed E-state index contributed by atoms with van der Waals surface area (Å²) in [6, 6.07) is 22.8. The summed E-state index contributed by atoms with van der Waals surface area (Å²) in [5.41, 5.74) is 4.31. The molecule has 0 aliphatic rings. The topological polar surface area (TPSA) is 12.9 Å². The Morgan fingerprint density at radius 1 is 0.707 bits per heavy atom. The number of pyridine rings is 1. The molecule has 0 aliphatic heterocycles. The van der Waals surface area contributed by atoms with Crippen molar-refractivity contribution in [3.8, 4) is 21.7 Å². The highest BCUT2D eigenvalue weighted by molar-refractivity contribution is 7.23. The van der Waals surface area contributed by atoms with Crippen molar-refractivity contribution in [1.82, 2.24) is 4.98 Å². The lowest BCUT2D eigenvalue weighted by Crippen LogP contribution is -2.34. The van der Waals surface area contributed by atoms with Crippen molar-refractivity contribution in [2.45, 2.75) is 78.8 Å². The number of fused-ring (bicyclic) bond motifs is 2.